The monoisotopic (exact) mass is 430 g/mol. The van der Waals surface area contributed by atoms with Crippen molar-refractivity contribution in [1.29, 1.82) is 0 Å². The average Bonchev–Trinajstić information content (AvgIpc) is 2.66. The number of benzene rings is 2. The lowest BCUT2D eigenvalue weighted by Crippen LogP contribution is -2.48. The molecule has 2 amide bonds. The van der Waals surface area contributed by atoms with Crippen LogP contribution in [-0.4, -0.2) is 32.5 Å². The summed E-state index contributed by atoms with van der Waals surface area (Å²) in [5.74, 6) is -0.341. The molecule has 0 bridgehead atoms. The second kappa shape index (κ2) is 9.89. The highest BCUT2D eigenvalue weighted by Gasteiger charge is 2.24. The molecule has 2 aromatic carbocycles. The summed E-state index contributed by atoms with van der Waals surface area (Å²) in [6, 6.07) is 12.7. The molecule has 2 rings (SSSR count). The molecule has 7 heteroatoms. The van der Waals surface area contributed by atoms with Crippen LogP contribution in [0.15, 0.2) is 53.4 Å². The van der Waals surface area contributed by atoms with Crippen LogP contribution in [0.25, 0.3) is 0 Å². The summed E-state index contributed by atoms with van der Waals surface area (Å²) >= 11 is 0. The maximum absolute atomic E-state index is 12.9. The Balaban J connectivity index is 2.12. The molecule has 0 radical (unpaired) electrons. The summed E-state index contributed by atoms with van der Waals surface area (Å²) in [6.45, 7) is 7.67. The minimum atomic E-state index is -3.27. The van der Waals surface area contributed by atoms with Gasteiger partial charge in [-0.3, -0.25) is 9.59 Å². The zero-order chi connectivity index (χ0) is 22.5. The first-order valence-electron chi connectivity index (χ1n) is 9.96. The molecule has 0 aliphatic carbocycles. The lowest BCUT2D eigenvalue weighted by Gasteiger charge is -2.23. The van der Waals surface area contributed by atoms with Crippen molar-refractivity contribution in [2.45, 2.75) is 51.1 Å². The molecule has 30 heavy (non-hydrogen) atoms. The normalized spacial score (nSPS) is 13.5. The van der Waals surface area contributed by atoms with Crippen molar-refractivity contribution in [3.8, 4) is 0 Å². The highest BCUT2D eigenvalue weighted by Crippen LogP contribution is 2.17. The molecular formula is C23H30N2O4S. The van der Waals surface area contributed by atoms with E-state index in [9.17, 15) is 18.0 Å². The smallest absolute Gasteiger partial charge is 0.252 e. The van der Waals surface area contributed by atoms with Crippen molar-refractivity contribution < 1.29 is 18.0 Å². The molecule has 6 nitrogen and oxygen atoms in total. The van der Waals surface area contributed by atoms with Gasteiger partial charge < -0.3 is 10.6 Å². The molecule has 0 aliphatic heterocycles. The first-order valence-corrected chi connectivity index (χ1v) is 11.8. The van der Waals surface area contributed by atoms with Crippen molar-refractivity contribution in [3.05, 3.63) is 65.2 Å². The van der Waals surface area contributed by atoms with Crippen molar-refractivity contribution in [1.82, 2.24) is 10.6 Å². The van der Waals surface area contributed by atoms with Crippen LogP contribution < -0.4 is 10.6 Å². The molecule has 0 heterocycles. The Kier molecular flexibility index (Phi) is 7.78. The Bertz CT molecular complexity index is 998. The van der Waals surface area contributed by atoms with E-state index in [4.69, 9.17) is 0 Å². The van der Waals surface area contributed by atoms with Gasteiger partial charge in [0.1, 0.15) is 6.04 Å². The molecule has 0 saturated heterocycles. The Morgan fingerprint density at radius 3 is 2.07 bits per heavy atom. The largest absolute Gasteiger partial charge is 0.348 e. The van der Waals surface area contributed by atoms with Crippen LogP contribution in [0.3, 0.4) is 0 Å². The topological polar surface area (TPSA) is 92.3 Å². The molecular weight excluding hydrogens is 400 g/mol. The number of amides is 2. The Hall–Kier alpha value is -2.67. The zero-order valence-electron chi connectivity index (χ0n) is 18.1. The predicted octanol–water partition coefficient (Wildman–Crippen LogP) is 3.42. The maximum Gasteiger partial charge on any atom is 0.252 e. The van der Waals surface area contributed by atoms with Gasteiger partial charge in [0, 0.05) is 11.8 Å². The SMILES string of the molecule is Cc1ccccc1C(=O)NC(CC(C)C)C(=O)NC(C)c1ccc(S(C)(=O)=O)cc1. The van der Waals surface area contributed by atoms with Crippen molar-refractivity contribution in [3.63, 3.8) is 0 Å². The molecule has 2 aromatic rings. The van der Waals surface area contributed by atoms with Gasteiger partial charge in [-0.2, -0.15) is 0 Å². The number of hydrogen-bond acceptors (Lipinski definition) is 4. The summed E-state index contributed by atoms with van der Waals surface area (Å²) in [4.78, 5) is 25.8. The van der Waals surface area contributed by atoms with E-state index < -0.39 is 15.9 Å². The number of hydrogen-bond donors (Lipinski definition) is 2. The van der Waals surface area contributed by atoms with E-state index in [1.54, 1.807) is 24.3 Å². The van der Waals surface area contributed by atoms with E-state index >= 15 is 0 Å². The van der Waals surface area contributed by atoms with Gasteiger partial charge >= 0.3 is 0 Å². The van der Waals surface area contributed by atoms with E-state index in [2.05, 4.69) is 10.6 Å². The highest BCUT2D eigenvalue weighted by molar-refractivity contribution is 7.90. The number of carbonyl (C=O) groups excluding carboxylic acids is 2. The van der Waals surface area contributed by atoms with Gasteiger partial charge in [0.05, 0.1) is 10.9 Å². The van der Waals surface area contributed by atoms with Crippen LogP contribution in [0.4, 0.5) is 0 Å². The third-order valence-electron chi connectivity index (χ3n) is 4.89. The van der Waals surface area contributed by atoms with Gasteiger partial charge in [-0.05, 0) is 55.5 Å². The minimum Gasteiger partial charge on any atom is -0.348 e. The molecule has 2 unspecified atom stereocenters. The van der Waals surface area contributed by atoms with Crippen molar-refractivity contribution in [2.24, 2.45) is 5.92 Å². The van der Waals surface area contributed by atoms with E-state index in [0.29, 0.717) is 12.0 Å². The van der Waals surface area contributed by atoms with Gasteiger partial charge in [-0.15, -0.1) is 0 Å². The first kappa shape index (κ1) is 23.6. The standard InChI is InChI=1S/C23H30N2O4S/c1-15(2)14-21(25-22(26)20-9-7-6-8-16(20)3)23(27)24-17(4)18-10-12-19(13-11-18)30(5,28)29/h6-13,15,17,21H,14H2,1-5H3,(H,24,27)(H,25,26). The Morgan fingerprint density at radius 1 is 0.933 bits per heavy atom. The second-order valence-electron chi connectivity index (χ2n) is 8.04. The van der Waals surface area contributed by atoms with E-state index in [-0.39, 0.29) is 28.7 Å². The summed E-state index contributed by atoms with van der Waals surface area (Å²) in [7, 11) is -3.27. The second-order valence-corrected chi connectivity index (χ2v) is 10.1. The Labute approximate surface area is 179 Å². The van der Waals surface area contributed by atoms with Crippen LogP contribution in [0, 0.1) is 12.8 Å². The van der Waals surface area contributed by atoms with E-state index in [1.807, 2.05) is 39.8 Å². The summed E-state index contributed by atoms with van der Waals surface area (Å²) < 4.78 is 23.2. The number of carbonyl (C=O) groups is 2. The van der Waals surface area contributed by atoms with Gasteiger partial charge in [0.2, 0.25) is 5.91 Å². The number of nitrogens with one attached hydrogen (secondary N) is 2. The van der Waals surface area contributed by atoms with Crippen LogP contribution >= 0.6 is 0 Å². The highest BCUT2D eigenvalue weighted by atomic mass is 32.2. The lowest BCUT2D eigenvalue weighted by atomic mass is 10.0. The minimum absolute atomic E-state index is 0.210. The van der Waals surface area contributed by atoms with Gasteiger partial charge in [-0.25, -0.2) is 8.42 Å². The summed E-state index contributed by atoms with van der Waals surface area (Å²) in [5, 5.41) is 5.79. The van der Waals surface area contributed by atoms with Gasteiger partial charge in [-0.1, -0.05) is 44.2 Å². The fourth-order valence-electron chi connectivity index (χ4n) is 3.17. The van der Waals surface area contributed by atoms with Crippen molar-refractivity contribution in [2.75, 3.05) is 6.26 Å². The molecule has 0 aliphatic rings. The maximum atomic E-state index is 12.9. The fourth-order valence-corrected chi connectivity index (χ4v) is 3.80. The number of aryl methyl sites for hydroxylation is 1. The quantitative estimate of drug-likeness (QED) is 0.671. The van der Waals surface area contributed by atoms with E-state index in [1.165, 1.54) is 12.1 Å². The summed E-state index contributed by atoms with van der Waals surface area (Å²) in [6.07, 6.45) is 1.66. The molecule has 0 saturated carbocycles. The average molecular weight is 431 g/mol. The first-order chi connectivity index (χ1) is 14.0. The van der Waals surface area contributed by atoms with Gasteiger partial charge in [0.15, 0.2) is 9.84 Å². The molecule has 0 spiro atoms. The van der Waals surface area contributed by atoms with Crippen molar-refractivity contribution >= 4 is 21.7 Å². The third kappa shape index (κ3) is 6.42. The molecule has 162 valence electrons. The number of rotatable bonds is 8. The summed E-state index contributed by atoms with van der Waals surface area (Å²) in [5.41, 5.74) is 2.17. The molecule has 2 N–H and O–H groups in total. The lowest BCUT2D eigenvalue weighted by molar-refractivity contribution is -0.124. The Morgan fingerprint density at radius 2 is 1.53 bits per heavy atom. The van der Waals surface area contributed by atoms with E-state index in [0.717, 1.165) is 17.4 Å². The molecule has 2 atom stereocenters. The third-order valence-corrected chi connectivity index (χ3v) is 6.01. The van der Waals surface area contributed by atoms with Crippen LogP contribution in [0.5, 0.6) is 0 Å². The zero-order valence-corrected chi connectivity index (χ0v) is 18.9. The number of sulfone groups is 1. The van der Waals surface area contributed by atoms with Gasteiger partial charge in [0.25, 0.3) is 5.91 Å². The van der Waals surface area contributed by atoms with Crippen LogP contribution in [0.2, 0.25) is 0 Å². The van der Waals surface area contributed by atoms with Crippen LogP contribution in [-0.2, 0) is 14.6 Å². The molecule has 0 aromatic heterocycles. The molecule has 0 fully saturated rings. The fraction of sp³-hybridized carbons (Fsp3) is 0.391. The predicted molar refractivity (Wildman–Crippen MR) is 118 cm³/mol. The van der Waals surface area contributed by atoms with Crippen LogP contribution in [0.1, 0.15) is 54.7 Å².